The normalized spacial score (nSPS) is 15.6. The van der Waals surface area contributed by atoms with Crippen LogP contribution in [0.2, 0.25) is 0 Å². The van der Waals surface area contributed by atoms with Gasteiger partial charge in [-0.2, -0.15) is 5.10 Å². The Kier molecular flexibility index (Phi) is 5.84. The van der Waals surface area contributed by atoms with Crippen molar-refractivity contribution in [1.82, 2.24) is 19.3 Å². The topological polar surface area (TPSA) is 38.9 Å². The van der Waals surface area contributed by atoms with Crippen LogP contribution in [0.25, 0.3) is 11.3 Å². The molecule has 1 atom stereocenters. The van der Waals surface area contributed by atoms with Gasteiger partial charge in [-0.05, 0) is 63.8 Å². The van der Waals surface area contributed by atoms with Crippen molar-refractivity contribution in [2.45, 2.75) is 53.1 Å². The average molecular weight is 400 g/mol. The second-order valence-electron chi connectivity index (χ2n) is 7.68. The molecule has 1 aromatic carbocycles. The lowest BCUT2D eigenvalue weighted by molar-refractivity contribution is 0.690. The van der Waals surface area contributed by atoms with Gasteiger partial charge in [0.15, 0.2) is 0 Å². The van der Waals surface area contributed by atoms with Gasteiger partial charge in [0, 0.05) is 43.1 Å². The minimum Gasteiger partial charge on any atom is -0.369 e. The molecule has 150 valence electrons. The second-order valence-corrected chi connectivity index (χ2v) is 7.68. The van der Waals surface area contributed by atoms with Gasteiger partial charge >= 0.3 is 0 Å². The smallest absolute Gasteiger partial charge is 0.0951 e. The first-order chi connectivity index (χ1) is 13.0. The van der Waals surface area contributed by atoms with Gasteiger partial charge in [0.25, 0.3) is 0 Å². The van der Waals surface area contributed by atoms with Crippen LogP contribution in [0.5, 0.6) is 0 Å². The van der Waals surface area contributed by atoms with E-state index in [1.807, 2.05) is 24.3 Å². The molecule has 0 saturated heterocycles. The van der Waals surface area contributed by atoms with Gasteiger partial charge in [-0.1, -0.05) is 6.07 Å². The summed E-state index contributed by atoms with van der Waals surface area (Å²) in [4.78, 5) is 6.92. The highest BCUT2D eigenvalue weighted by Crippen LogP contribution is 2.35. The number of aromatic nitrogens is 4. The summed E-state index contributed by atoms with van der Waals surface area (Å²) in [6.45, 7) is 10.8. The van der Waals surface area contributed by atoms with Crippen molar-refractivity contribution in [1.29, 1.82) is 0 Å². The first-order valence-corrected chi connectivity index (χ1v) is 9.88. The molecule has 0 N–H and O–H groups in total. The standard InChI is InChI=1S/C22H29N5.ClH/c1-6-27-15(2)11-19-12-18(7-8-21(19)27)22-13-23-14-26(22)10-9-20-16(3)24-25(5)17(20)4;/h7-8,12-15H,6,9-11H2,1-5H3;1H. The molecule has 0 fully saturated rings. The SMILES string of the molecule is CCN1c2ccc(-c3cncn3CCc3c(C)nn(C)c3C)cc2CC1C.Cl. The highest BCUT2D eigenvalue weighted by Gasteiger charge is 2.25. The number of hydrogen-bond acceptors (Lipinski definition) is 3. The molecule has 2 aromatic heterocycles. The summed E-state index contributed by atoms with van der Waals surface area (Å²) < 4.78 is 4.24. The number of halogens is 1. The summed E-state index contributed by atoms with van der Waals surface area (Å²) in [5.74, 6) is 0. The molecule has 1 aliphatic rings. The maximum atomic E-state index is 4.54. The van der Waals surface area contributed by atoms with Crippen molar-refractivity contribution in [3.63, 3.8) is 0 Å². The first kappa shape index (κ1) is 20.5. The Labute approximate surface area is 173 Å². The molecule has 0 amide bonds. The fourth-order valence-corrected chi connectivity index (χ4v) is 4.49. The van der Waals surface area contributed by atoms with Gasteiger partial charge in [-0.3, -0.25) is 4.68 Å². The molecule has 0 aliphatic carbocycles. The predicted molar refractivity (Wildman–Crippen MR) is 117 cm³/mol. The van der Waals surface area contributed by atoms with E-state index in [9.17, 15) is 0 Å². The Hall–Kier alpha value is -2.27. The summed E-state index contributed by atoms with van der Waals surface area (Å²) in [7, 11) is 2.01. The molecule has 0 saturated carbocycles. The van der Waals surface area contributed by atoms with Gasteiger partial charge in [0.1, 0.15) is 0 Å². The van der Waals surface area contributed by atoms with Crippen molar-refractivity contribution < 1.29 is 0 Å². The summed E-state index contributed by atoms with van der Waals surface area (Å²) in [5, 5.41) is 4.54. The van der Waals surface area contributed by atoms with Crippen LogP contribution in [0.1, 0.15) is 36.4 Å². The molecular formula is C22H30ClN5. The van der Waals surface area contributed by atoms with Crippen LogP contribution >= 0.6 is 12.4 Å². The molecule has 1 unspecified atom stereocenters. The molecule has 0 radical (unpaired) electrons. The molecule has 1 aliphatic heterocycles. The average Bonchev–Trinajstić information content (AvgIpc) is 3.29. The van der Waals surface area contributed by atoms with Crippen molar-refractivity contribution in [3.8, 4) is 11.3 Å². The van der Waals surface area contributed by atoms with Crippen LogP contribution in [0, 0.1) is 13.8 Å². The monoisotopic (exact) mass is 399 g/mol. The van der Waals surface area contributed by atoms with Crippen LogP contribution in [-0.2, 0) is 26.4 Å². The van der Waals surface area contributed by atoms with Crippen molar-refractivity contribution in [2.24, 2.45) is 7.05 Å². The van der Waals surface area contributed by atoms with Gasteiger partial charge in [-0.15, -0.1) is 12.4 Å². The molecule has 6 heteroatoms. The van der Waals surface area contributed by atoms with Crippen LogP contribution in [-0.4, -0.2) is 31.9 Å². The van der Waals surface area contributed by atoms with Crippen LogP contribution < -0.4 is 4.90 Å². The summed E-state index contributed by atoms with van der Waals surface area (Å²) >= 11 is 0. The molecular weight excluding hydrogens is 370 g/mol. The Bertz CT molecular complexity index is 971. The third kappa shape index (κ3) is 3.44. The molecule has 5 nitrogen and oxygen atoms in total. The van der Waals surface area contributed by atoms with E-state index in [2.05, 4.69) is 65.4 Å². The number of anilines is 1. The fourth-order valence-electron chi connectivity index (χ4n) is 4.49. The third-order valence-corrected chi connectivity index (χ3v) is 6.05. The van der Waals surface area contributed by atoms with Crippen LogP contribution in [0.3, 0.4) is 0 Å². The highest BCUT2D eigenvalue weighted by atomic mass is 35.5. The maximum absolute atomic E-state index is 4.54. The number of benzene rings is 1. The highest BCUT2D eigenvalue weighted by molar-refractivity contribution is 5.85. The number of aryl methyl sites for hydroxylation is 3. The number of hydrogen-bond donors (Lipinski definition) is 0. The van der Waals surface area contributed by atoms with E-state index in [0.29, 0.717) is 6.04 Å². The Morgan fingerprint density at radius 1 is 1.21 bits per heavy atom. The Balaban J connectivity index is 0.00000225. The van der Waals surface area contributed by atoms with Crippen LogP contribution in [0.15, 0.2) is 30.7 Å². The van der Waals surface area contributed by atoms with Crippen LogP contribution in [0.4, 0.5) is 5.69 Å². The zero-order valence-electron chi connectivity index (χ0n) is 17.4. The number of imidazole rings is 1. The molecule has 4 rings (SSSR count). The molecule has 3 aromatic rings. The van der Waals surface area contributed by atoms with E-state index in [1.54, 1.807) is 0 Å². The second kappa shape index (κ2) is 8.00. The van der Waals surface area contributed by atoms with Crippen molar-refractivity contribution in [3.05, 3.63) is 53.2 Å². The molecule has 0 bridgehead atoms. The first-order valence-electron chi connectivity index (χ1n) is 9.88. The number of likely N-dealkylation sites (N-methyl/N-ethyl adjacent to an activating group) is 1. The largest absolute Gasteiger partial charge is 0.369 e. The summed E-state index contributed by atoms with van der Waals surface area (Å²) in [5.41, 5.74) is 9.02. The number of nitrogens with zero attached hydrogens (tertiary/aromatic N) is 5. The van der Waals surface area contributed by atoms with Gasteiger partial charge < -0.3 is 9.47 Å². The van der Waals surface area contributed by atoms with E-state index in [-0.39, 0.29) is 12.4 Å². The minimum absolute atomic E-state index is 0. The van der Waals surface area contributed by atoms with E-state index in [0.717, 1.165) is 31.6 Å². The Morgan fingerprint density at radius 2 is 2.00 bits per heavy atom. The van der Waals surface area contributed by atoms with E-state index in [1.165, 1.54) is 33.8 Å². The summed E-state index contributed by atoms with van der Waals surface area (Å²) in [6, 6.07) is 7.47. The quantitative estimate of drug-likeness (QED) is 0.640. The number of fused-ring (bicyclic) bond motifs is 1. The van der Waals surface area contributed by atoms with E-state index < -0.39 is 0 Å². The van der Waals surface area contributed by atoms with Crippen molar-refractivity contribution in [2.75, 3.05) is 11.4 Å². The van der Waals surface area contributed by atoms with Gasteiger partial charge in [0.2, 0.25) is 0 Å². The lowest BCUT2D eigenvalue weighted by Gasteiger charge is -2.22. The van der Waals surface area contributed by atoms with Gasteiger partial charge in [-0.25, -0.2) is 4.98 Å². The maximum Gasteiger partial charge on any atom is 0.0951 e. The minimum atomic E-state index is 0. The lowest BCUT2D eigenvalue weighted by Crippen LogP contribution is -2.28. The van der Waals surface area contributed by atoms with E-state index >= 15 is 0 Å². The third-order valence-electron chi connectivity index (χ3n) is 6.05. The van der Waals surface area contributed by atoms with Crippen molar-refractivity contribution >= 4 is 18.1 Å². The Morgan fingerprint density at radius 3 is 2.68 bits per heavy atom. The zero-order chi connectivity index (χ0) is 19.1. The number of rotatable bonds is 5. The molecule has 0 spiro atoms. The zero-order valence-corrected chi connectivity index (χ0v) is 18.3. The molecule has 3 heterocycles. The van der Waals surface area contributed by atoms with Gasteiger partial charge in [0.05, 0.1) is 23.9 Å². The predicted octanol–water partition coefficient (Wildman–Crippen LogP) is 4.34. The lowest BCUT2D eigenvalue weighted by atomic mass is 10.0. The summed E-state index contributed by atoms with van der Waals surface area (Å²) in [6.07, 6.45) is 6.03. The molecule has 28 heavy (non-hydrogen) atoms. The van der Waals surface area contributed by atoms with E-state index in [4.69, 9.17) is 0 Å². The fraction of sp³-hybridized carbons (Fsp3) is 0.455.